The van der Waals surface area contributed by atoms with Crippen LogP contribution in [-0.2, 0) is 44.2 Å². The first-order chi connectivity index (χ1) is 23.6. The molecule has 0 radical (unpaired) electrons. The van der Waals surface area contributed by atoms with E-state index in [9.17, 15) is 9.90 Å². The molecule has 10 atom stereocenters. The molecule has 284 valence electrons. The van der Waals surface area contributed by atoms with E-state index in [1.165, 1.54) is 0 Å². The van der Waals surface area contributed by atoms with E-state index in [0.717, 1.165) is 30.1 Å². The Labute approximate surface area is 303 Å². The zero-order chi connectivity index (χ0) is 36.7. The maximum Gasteiger partial charge on any atom is 0.308 e. The Morgan fingerprint density at radius 3 is 2.26 bits per heavy atom. The highest BCUT2D eigenvalue weighted by atomic mass is 28.4. The van der Waals surface area contributed by atoms with Gasteiger partial charge in [-0.25, -0.2) is 9.78 Å². The van der Waals surface area contributed by atoms with Gasteiger partial charge < -0.3 is 28.2 Å². The van der Waals surface area contributed by atoms with Gasteiger partial charge in [0.2, 0.25) is 0 Å². The molecule has 0 aliphatic carbocycles. The molecular formula is C39H66O9Si2. The Morgan fingerprint density at radius 1 is 0.960 bits per heavy atom. The number of hydrogen-bond donors (Lipinski definition) is 1. The lowest BCUT2D eigenvalue weighted by Gasteiger charge is -2.40. The predicted molar refractivity (Wildman–Crippen MR) is 200 cm³/mol. The molecule has 11 heteroatoms. The number of hydrogen-bond acceptors (Lipinski definition) is 9. The van der Waals surface area contributed by atoms with Crippen LogP contribution in [0.25, 0.3) is 0 Å². The molecule has 2 fully saturated rings. The second-order valence-electron chi connectivity index (χ2n) is 16.4. The van der Waals surface area contributed by atoms with Crippen molar-refractivity contribution in [2.24, 2.45) is 11.8 Å². The summed E-state index contributed by atoms with van der Waals surface area (Å²) in [6.07, 6.45) is 2.80. The van der Waals surface area contributed by atoms with Gasteiger partial charge in [0.15, 0.2) is 16.6 Å². The lowest BCUT2D eigenvalue weighted by molar-refractivity contribution is -0.390. The molecule has 0 spiro atoms. The molecule has 1 N–H and O–H groups in total. The minimum Gasteiger partial charge on any atom is -0.461 e. The standard InChI is InChI=1S/C39H66O9Si2/c1-11-50(12-2,13-3)48-35(26-43-49(9,10)39(6,7)8)32-22-31-30(44-32)23-34-38(45-31)28(5)19-17-18-27(4)37(41)33(46-47-34)24-36(40)42-25-29-20-15-14-16-21-29/h14-17,19-21,27-28,30-35,37-38,41H,11-13,18,22-26H2,1-10H3/b19-17+/t27-,28-,30+,31+,32?,33?,34-,35?,37-,38-/m0/s1. The van der Waals surface area contributed by atoms with E-state index in [1.807, 2.05) is 37.3 Å². The summed E-state index contributed by atoms with van der Waals surface area (Å²) in [5.41, 5.74) is 0.895. The summed E-state index contributed by atoms with van der Waals surface area (Å²) in [7, 11) is -3.99. The van der Waals surface area contributed by atoms with Crippen molar-refractivity contribution in [3.05, 3.63) is 48.0 Å². The van der Waals surface area contributed by atoms with Gasteiger partial charge in [-0.05, 0) is 54.2 Å². The van der Waals surface area contributed by atoms with Crippen LogP contribution in [0, 0.1) is 11.8 Å². The van der Waals surface area contributed by atoms with E-state index in [2.05, 4.69) is 73.7 Å². The SMILES string of the molecule is CC[Si](CC)(CC)OC(CO[Si](C)(C)C(C)(C)C)C1C[C@H]2O[C@@H]3[C@H](C[C@H]2O1)OOC(CC(=O)OCc1ccccc1)[C@@H](O)[C@@H](C)C/C=C/[C@@H]3C. The number of fused-ring (bicyclic) bond motifs is 2. The molecular weight excluding hydrogens is 669 g/mol. The Morgan fingerprint density at radius 2 is 1.62 bits per heavy atom. The Hall–Kier alpha value is -1.42. The van der Waals surface area contributed by atoms with Crippen LogP contribution in [0.3, 0.4) is 0 Å². The molecule has 0 saturated carbocycles. The average Bonchev–Trinajstić information content (AvgIpc) is 3.51. The van der Waals surface area contributed by atoms with Gasteiger partial charge in [-0.2, -0.15) is 0 Å². The van der Waals surface area contributed by atoms with Crippen LogP contribution in [0.15, 0.2) is 42.5 Å². The zero-order valence-electron chi connectivity index (χ0n) is 32.4. The van der Waals surface area contributed by atoms with Gasteiger partial charge in [-0.15, -0.1) is 0 Å². The van der Waals surface area contributed by atoms with Crippen LogP contribution in [0.4, 0.5) is 0 Å². The normalized spacial score (nSPS) is 32.3. The molecule has 1 aromatic rings. The molecule has 0 bridgehead atoms. The van der Waals surface area contributed by atoms with E-state index < -0.39 is 40.9 Å². The molecule has 4 rings (SSSR count). The van der Waals surface area contributed by atoms with Crippen molar-refractivity contribution in [2.75, 3.05) is 6.61 Å². The first-order valence-corrected chi connectivity index (χ1v) is 24.5. The fourth-order valence-corrected chi connectivity index (χ4v) is 10.9. The van der Waals surface area contributed by atoms with Crippen LogP contribution in [0.1, 0.15) is 86.6 Å². The number of allylic oxidation sites excluding steroid dienone is 1. The lowest BCUT2D eigenvalue weighted by Crippen LogP contribution is -2.50. The molecule has 1 aromatic carbocycles. The highest BCUT2D eigenvalue weighted by Crippen LogP contribution is 2.41. The van der Waals surface area contributed by atoms with Crippen LogP contribution < -0.4 is 0 Å². The molecule has 0 aromatic heterocycles. The quantitative estimate of drug-likeness (QED) is 0.0932. The van der Waals surface area contributed by atoms with E-state index in [0.29, 0.717) is 19.4 Å². The summed E-state index contributed by atoms with van der Waals surface area (Å²) in [6.45, 7) is 22.9. The van der Waals surface area contributed by atoms with Crippen molar-refractivity contribution in [2.45, 2.75) is 173 Å². The van der Waals surface area contributed by atoms with Gasteiger partial charge in [0.05, 0.1) is 49.7 Å². The van der Waals surface area contributed by atoms with Crippen molar-refractivity contribution in [1.82, 2.24) is 0 Å². The van der Waals surface area contributed by atoms with Crippen molar-refractivity contribution in [3.63, 3.8) is 0 Å². The van der Waals surface area contributed by atoms with Crippen LogP contribution in [0.2, 0.25) is 36.3 Å². The minimum atomic E-state index is -2.02. The molecule has 3 heterocycles. The number of ether oxygens (including phenoxy) is 3. The van der Waals surface area contributed by atoms with Crippen LogP contribution in [-0.4, -0.2) is 83.1 Å². The van der Waals surface area contributed by atoms with Gasteiger partial charge in [-0.1, -0.05) is 97.9 Å². The van der Waals surface area contributed by atoms with E-state index in [1.54, 1.807) is 0 Å². The Balaban J connectivity index is 1.49. The predicted octanol–water partition coefficient (Wildman–Crippen LogP) is 8.13. The summed E-state index contributed by atoms with van der Waals surface area (Å²) in [6, 6.07) is 12.7. The average molecular weight is 735 g/mol. The summed E-state index contributed by atoms with van der Waals surface area (Å²) < 4.78 is 33.1. The summed E-state index contributed by atoms with van der Waals surface area (Å²) >= 11 is 0. The molecule has 2 saturated heterocycles. The monoisotopic (exact) mass is 734 g/mol. The second-order valence-corrected chi connectivity index (χ2v) is 25.9. The maximum atomic E-state index is 12.9. The first kappa shape index (κ1) is 41.3. The van der Waals surface area contributed by atoms with Gasteiger partial charge >= 0.3 is 5.97 Å². The number of carbonyl (C=O) groups excluding carboxylic acids is 1. The fourth-order valence-electron chi connectivity index (χ4n) is 7.03. The van der Waals surface area contributed by atoms with E-state index >= 15 is 0 Å². The van der Waals surface area contributed by atoms with Crippen molar-refractivity contribution >= 4 is 22.6 Å². The largest absolute Gasteiger partial charge is 0.461 e. The van der Waals surface area contributed by atoms with Gasteiger partial charge in [0.1, 0.15) is 18.8 Å². The van der Waals surface area contributed by atoms with Gasteiger partial charge in [0.25, 0.3) is 0 Å². The highest BCUT2D eigenvalue weighted by Gasteiger charge is 2.51. The third kappa shape index (κ3) is 10.6. The van der Waals surface area contributed by atoms with Gasteiger partial charge in [-0.3, -0.25) is 4.79 Å². The van der Waals surface area contributed by atoms with Crippen LogP contribution in [0.5, 0.6) is 0 Å². The summed E-state index contributed by atoms with van der Waals surface area (Å²) in [4.78, 5) is 25.1. The smallest absolute Gasteiger partial charge is 0.308 e. The number of esters is 1. The third-order valence-corrected chi connectivity index (χ3v) is 21.1. The van der Waals surface area contributed by atoms with Crippen molar-refractivity contribution in [3.8, 4) is 0 Å². The van der Waals surface area contributed by atoms with Crippen molar-refractivity contribution < 1.29 is 42.7 Å². The number of aliphatic hydroxyl groups excluding tert-OH is 1. The van der Waals surface area contributed by atoms with E-state index in [-0.39, 0.29) is 60.4 Å². The number of carbonyl (C=O) groups is 1. The molecule has 0 amide bonds. The molecule has 9 nitrogen and oxygen atoms in total. The Bertz CT molecular complexity index is 1210. The molecule has 3 aliphatic heterocycles. The molecule has 3 aliphatic rings. The lowest BCUT2D eigenvalue weighted by atomic mass is 9.89. The number of aliphatic hydroxyl groups is 1. The minimum absolute atomic E-state index is 0.0367. The maximum absolute atomic E-state index is 12.9. The first-order valence-electron chi connectivity index (χ1n) is 19.1. The third-order valence-electron chi connectivity index (χ3n) is 11.9. The summed E-state index contributed by atoms with van der Waals surface area (Å²) in [5, 5.41) is 11.4. The Kier molecular flexibility index (Phi) is 14.9. The van der Waals surface area contributed by atoms with Crippen LogP contribution >= 0.6 is 0 Å². The second kappa shape index (κ2) is 18.1. The fraction of sp³-hybridized carbons (Fsp3) is 0.769. The number of benzene rings is 1. The van der Waals surface area contributed by atoms with E-state index in [4.69, 9.17) is 32.8 Å². The topological polar surface area (TPSA) is 102 Å². The molecule has 50 heavy (non-hydrogen) atoms. The molecule has 3 unspecified atom stereocenters. The van der Waals surface area contributed by atoms with Crippen molar-refractivity contribution in [1.29, 1.82) is 0 Å². The number of rotatable bonds is 13. The van der Waals surface area contributed by atoms with Gasteiger partial charge in [0, 0.05) is 18.8 Å². The summed E-state index contributed by atoms with van der Waals surface area (Å²) in [5.74, 6) is -0.577. The highest BCUT2D eigenvalue weighted by molar-refractivity contribution is 6.74. The zero-order valence-corrected chi connectivity index (χ0v) is 34.4.